The molecule has 116 valence electrons. The number of phenolic OH excluding ortho intramolecular Hbond substituents is 1. The van der Waals surface area contributed by atoms with E-state index in [4.69, 9.17) is 4.74 Å². The summed E-state index contributed by atoms with van der Waals surface area (Å²) in [5.74, 6) is -1.16. The lowest BCUT2D eigenvalue weighted by Crippen LogP contribution is -2.36. The van der Waals surface area contributed by atoms with Crippen LogP contribution in [0.1, 0.15) is 5.56 Å². The van der Waals surface area contributed by atoms with E-state index in [-0.39, 0.29) is 17.2 Å². The summed E-state index contributed by atoms with van der Waals surface area (Å²) in [6.45, 7) is -0.466. The van der Waals surface area contributed by atoms with Crippen LogP contribution in [-0.4, -0.2) is 48.7 Å². The Kier molecular flexibility index (Phi) is 4.31. The average Bonchev–Trinajstić information content (AvgIpc) is 2.75. The number of nitrogens with one attached hydrogen (secondary N) is 1. The molecule has 1 saturated heterocycles. The summed E-state index contributed by atoms with van der Waals surface area (Å²) in [6.07, 6.45) is 1.39. The summed E-state index contributed by atoms with van der Waals surface area (Å²) in [5.41, 5.74) is 0.486. The lowest BCUT2D eigenvalue weighted by molar-refractivity contribution is -0.143. The number of urea groups is 1. The van der Waals surface area contributed by atoms with Gasteiger partial charge in [0.2, 0.25) is 0 Å². The Morgan fingerprint density at radius 1 is 1.36 bits per heavy atom. The van der Waals surface area contributed by atoms with Crippen molar-refractivity contribution < 1.29 is 29.0 Å². The van der Waals surface area contributed by atoms with Gasteiger partial charge in [-0.3, -0.25) is 9.59 Å². The Labute approximate surface area is 125 Å². The zero-order chi connectivity index (χ0) is 16.3. The molecule has 3 amide bonds. The minimum absolute atomic E-state index is 0.00142. The average molecular weight is 306 g/mol. The maximum Gasteiger partial charge on any atom is 0.329 e. The lowest BCUT2D eigenvalue weighted by atomic mass is 10.1. The number of methoxy groups -OCH3 is 2. The largest absolute Gasteiger partial charge is 0.504 e. The predicted molar refractivity (Wildman–Crippen MR) is 74.9 cm³/mol. The number of benzene rings is 1. The summed E-state index contributed by atoms with van der Waals surface area (Å²) in [5, 5.41) is 12.0. The first-order chi connectivity index (χ1) is 10.5. The van der Waals surface area contributed by atoms with Gasteiger partial charge in [0.25, 0.3) is 5.91 Å². The minimum Gasteiger partial charge on any atom is -0.504 e. The Hall–Kier alpha value is -3.03. The van der Waals surface area contributed by atoms with E-state index in [0.717, 1.165) is 12.0 Å². The number of phenols is 1. The van der Waals surface area contributed by atoms with Gasteiger partial charge in [-0.05, 0) is 23.8 Å². The highest BCUT2D eigenvalue weighted by molar-refractivity contribution is 6.15. The molecule has 8 heteroatoms. The Bertz CT molecular complexity index is 667. The molecule has 1 aromatic carbocycles. The first-order valence-electron chi connectivity index (χ1n) is 6.24. The van der Waals surface area contributed by atoms with Gasteiger partial charge < -0.3 is 19.9 Å². The maximum atomic E-state index is 12.1. The Morgan fingerprint density at radius 3 is 2.68 bits per heavy atom. The zero-order valence-corrected chi connectivity index (χ0v) is 12.0. The SMILES string of the molecule is COC(=O)CN1C(=O)N/C(=C/c2ccc(OC)c(O)c2)C1=O. The molecule has 2 N–H and O–H groups in total. The van der Waals surface area contributed by atoms with Crippen LogP contribution in [0.4, 0.5) is 4.79 Å². The third-order valence-electron chi connectivity index (χ3n) is 2.99. The van der Waals surface area contributed by atoms with Crippen molar-refractivity contribution in [1.29, 1.82) is 0 Å². The Morgan fingerprint density at radius 2 is 2.09 bits per heavy atom. The number of carbonyl (C=O) groups is 3. The summed E-state index contributed by atoms with van der Waals surface area (Å²) in [4.78, 5) is 35.7. The van der Waals surface area contributed by atoms with Gasteiger partial charge in [-0.2, -0.15) is 0 Å². The number of carbonyl (C=O) groups excluding carboxylic acids is 3. The second kappa shape index (κ2) is 6.17. The molecule has 0 aliphatic carbocycles. The number of hydrogen-bond donors (Lipinski definition) is 2. The quantitative estimate of drug-likeness (QED) is 0.476. The van der Waals surface area contributed by atoms with Gasteiger partial charge in [0.05, 0.1) is 14.2 Å². The molecule has 1 heterocycles. The second-order valence-corrected chi connectivity index (χ2v) is 4.39. The van der Waals surface area contributed by atoms with Crippen LogP contribution in [0.2, 0.25) is 0 Å². The zero-order valence-electron chi connectivity index (χ0n) is 12.0. The number of amides is 3. The van der Waals surface area contributed by atoms with E-state index in [9.17, 15) is 19.5 Å². The van der Waals surface area contributed by atoms with Gasteiger partial charge in [0.1, 0.15) is 12.2 Å². The van der Waals surface area contributed by atoms with Crippen LogP contribution >= 0.6 is 0 Å². The highest BCUT2D eigenvalue weighted by atomic mass is 16.5. The molecule has 0 saturated carbocycles. The first kappa shape index (κ1) is 15.4. The fourth-order valence-electron chi connectivity index (χ4n) is 1.87. The van der Waals surface area contributed by atoms with Crippen LogP contribution in [0.25, 0.3) is 6.08 Å². The summed E-state index contributed by atoms with van der Waals surface area (Å²) in [6, 6.07) is 3.80. The van der Waals surface area contributed by atoms with Crippen molar-refractivity contribution >= 4 is 24.0 Å². The van der Waals surface area contributed by atoms with Crippen molar-refractivity contribution in [3.8, 4) is 11.5 Å². The van der Waals surface area contributed by atoms with Crippen LogP contribution in [0.15, 0.2) is 23.9 Å². The first-order valence-corrected chi connectivity index (χ1v) is 6.24. The van der Waals surface area contributed by atoms with E-state index < -0.39 is 24.5 Å². The van der Waals surface area contributed by atoms with E-state index in [1.165, 1.54) is 25.3 Å². The normalized spacial score (nSPS) is 15.9. The van der Waals surface area contributed by atoms with Gasteiger partial charge in [0, 0.05) is 0 Å². The van der Waals surface area contributed by atoms with Crippen molar-refractivity contribution in [3.63, 3.8) is 0 Å². The molecule has 0 spiro atoms. The minimum atomic E-state index is -0.709. The summed E-state index contributed by atoms with van der Waals surface area (Å²) in [7, 11) is 2.58. The van der Waals surface area contributed by atoms with E-state index in [0.29, 0.717) is 5.56 Å². The van der Waals surface area contributed by atoms with Crippen molar-refractivity contribution in [1.82, 2.24) is 10.2 Å². The van der Waals surface area contributed by atoms with Gasteiger partial charge in [0.15, 0.2) is 11.5 Å². The number of esters is 1. The topological polar surface area (TPSA) is 105 Å². The van der Waals surface area contributed by atoms with Crippen LogP contribution in [0, 0.1) is 0 Å². The van der Waals surface area contributed by atoms with Crippen molar-refractivity contribution in [3.05, 3.63) is 29.5 Å². The van der Waals surface area contributed by atoms with Gasteiger partial charge >= 0.3 is 12.0 Å². The molecule has 0 radical (unpaired) electrons. The molecular weight excluding hydrogens is 292 g/mol. The van der Waals surface area contributed by atoms with E-state index >= 15 is 0 Å². The molecule has 1 fully saturated rings. The third kappa shape index (κ3) is 3.00. The van der Waals surface area contributed by atoms with Gasteiger partial charge in [-0.1, -0.05) is 6.07 Å². The molecule has 0 unspecified atom stereocenters. The van der Waals surface area contributed by atoms with E-state index in [2.05, 4.69) is 10.1 Å². The molecular formula is C14H14N2O6. The van der Waals surface area contributed by atoms with Crippen LogP contribution in [0.5, 0.6) is 11.5 Å². The van der Waals surface area contributed by atoms with E-state index in [1.54, 1.807) is 6.07 Å². The standard InChI is InChI=1S/C14H14N2O6/c1-21-11-4-3-8(6-10(11)17)5-9-13(19)16(14(20)15-9)7-12(18)22-2/h3-6,17H,7H2,1-2H3,(H,15,20)/b9-5+. The number of rotatable bonds is 4. The molecule has 0 atom stereocenters. The van der Waals surface area contributed by atoms with Gasteiger partial charge in [-0.25, -0.2) is 9.69 Å². The molecule has 8 nitrogen and oxygen atoms in total. The fraction of sp³-hybridized carbons (Fsp3) is 0.214. The van der Waals surface area contributed by atoms with Crippen molar-refractivity contribution in [2.24, 2.45) is 0 Å². The van der Waals surface area contributed by atoms with Gasteiger partial charge in [-0.15, -0.1) is 0 Å². The van der Waals surface area contributed by atoms with E-state index in [1.807, 2.05) is 0 Å². The van der Waals surface area contributed by atoms with Crippen molar-refractivity contribution in [2.75, 3.05) is 20.8 Å². The van der Waals surface area contributed by atoms with Crippen LogP contribution in [-0.2, 0) is 14.3 Å². The molecule has 1 aliphatic rings. The number of nitrogens with zero attached hydrogens (tertiary/aromatic N) is 1. The second-order valence-electron chi connectivity index (χ2n) is 4.39. The highest BCUT2D eigenvalue weighted by Crippen LogP contribution is 2.27. The molecule has 1 aromatic rings. The number of aromatic hydroxyl groups is 1. The highest BCUT2D eigenvalue weighted by Gasteiger charge is 2.35. The third-order valence-corrected chi connectivity index (χ3v) is 2.99. The smallest absolute Gasteiger partial charge is 0.329 e. The summed E-state index contributed by atoms with van der Waals surface area (Å²) >= 11 is 0. The van der Waals surface area contributed by atoms with Crippen molar-refractivity contribution in [2.45, 2.75) is 0 Å². The number of hydrogen-bond acceptors (Lipinski definition) is 6. The van der Waals surface area contributed by atoms with Crippen LogP contribution in [0.3, 0.4) is 0 Å². The molecule has 0 aromatic heterocycles. The Balaban J connectivity index is 2.22. The lowest BCUT2D eigenvalue weighted by Gasteiger charge is -2.09. The fourth-order valence-corrected chi connectivity index (χ4v) is 1.87. The molecule has 1 aliphatic heterocycles. The number of imide groups is 1. The molecule has 2 rings (SSSR count). The van der Waals surface area contributed by atoms with Crippen LogP contribution < -0.4 is 10.1 Å². The predicted octanol–water partition coefficient (Wildman–Crippen LogP) is 0.466. The molecule has 0 bridgehead atoms. The molecule has 22 heavy (non-hydrogen) atoms. The monoisotopic (exact) mass is 306 g/mol. The maximum absolute atomic E-state index is 12.1. The number of ether oxygens (including phenoxy) is 2. The summed E-state index contributed by atoms with van der Waals surface area (Å²) < 4.78 is 9.34.